The van der Waals surface area contributed by atoms with Gasteiger partial charge in [-0.3, -0.25) is 0 Å². The zero-order valence-electron chi connectivity index (χ0n) is 13.8. The fourth-order valence-electron chi connectivity index (χ4n) is 2.48. The zero-order chi connectivity index (χ0) is 15.0. The molecule has 1 rings (SSSR count). The Morgan fingerprint density at radius 2 is 1.65 bits per heavy atom. The zero-order valence-corrected chi connectivity index (χ0v) is 13.8. The van der Waals surface area contributed by atoms with Crippen LogP contribution in [0.4, 0.5) is 5.69 Å². The first kappa shape index (κ1) is 17.0. The van der Waals surface area contributed by atoms with E-state index in [9.17, 15) is 0 Å². The van der Waals surface area contributed by atoms with Gasteiger partial charge in [0.2, 0.25) is 0 Å². The van der Waals surface area contributed by atoms with Crippen LogP contribution in [0.25, 0.3) is 0 Å². The van der Waals surface area contributed by atoms with Gasteiger partial charge in [0, 0.05) is 31.4 Å². The van der Waals surface area contributed by atoms with Crippen molar-refractivity contribution in [2.24, 2.45) is 0 Å². The smallest absolute Gasteiger partial charge is 0.0366 e. The molecule has 1 N–H and O–H groups in total. The summed E-state index contributed by atoms with van der Waals surface area (Å²) in [4.78, 5) is 4.72. The molecule has 1 aromatic carbocycles. The molecular weight excluding hydrogens is 246 g/mol. The van der Waals surface area contributed by atoms with Gasteiger partial charge in [-0.1, -0.05) is 26.0 Å². The van der Waals surface area contributed by atoms with Gasteiger partial charge in [0.15, 0.2) is 0 Å². The molecule has 0 saturated carbocycles. The third-order valence-corrected chi connectivity index (χ3v) is 3.73. The average molecular weight is 277 g/mol. The topological polar surface area (TPSA) is 18.5 Å². The Labute approximate surface area is 125 Å². The second-order valence-electron chi connectivity index (χ2n) is 5.63. The quantitative estimate of drug-likeness (QED) is 0.748. The van der Waals surface area contributed by atoms with E-state index in [0.717, 1.165) is 26.1 Å². The predicted octanol–water partition coefficient (Wildman–Crippen LogP) is 3.14. The minimum atomic E-state index is 0.463. The average Bonchev–Trinajstić information content (AvgIpc) is 2.45. The lowest BCUT2D eigenvalue weighted by atomic mass is 10.0. The van der Waals surface area contributed by atoms with E-state index in [4.69, 9.17) is 0 Å². The molecule has 114 valence electrons. The highest BCUT2D eigenvalue weighted by molar-refractivity contribution is 5.48. The molecule has 0 spiro atoms. The highest BCUT2D eigenvalue weighted by atomic mass is 15.2. The third kappa shape index (κ3) is 5.14. The van der Waals surface area contributed by atoms with Gasteiger partial charge >= 0.3 is 0 Å². The Morgan fingerprint density at radius 3 is 2.10 bits per heavy atom. The molecule has 20 heavy (non-hydrogen) atoms. The van der Waals surface area contributed by atoms with Crippen LogP contribution in [-0.4, -0.2) is 45.7 Å². The van der Waals surface area contributed by atoms with Gasteiger partial charge in [0.25, 0.3) is 0 Å². The van der Waals surface area contributed by atoms with Gasteiger partial charge in [-0.15, -0.1) is 0 Å². The lowest BCUT2D eigenvalue weighted by Crippen LogP contribution is -2.32. The van der Waals surface area contributed by atoms with Crippen molar-refractivity contribution >= 4 is 5.69 Å². The minimum Gasteiger partial charge on any atom is -0.370 e. The number of benzene rings is 1. The first-order valence-electron chi connectivity index (χ1n) is 7.79. The molecule has 1 unspecified atom stereocenters. The van der Waals surface area contributed by atoms with Gasteiger partial charge in [0.05, 0.1) is 0 Å². The van der Waals surface area contributed by atoms with E-state index >= 15 is 0 Å². The summed E-state index contributed by atoms with van der Waals surface area (Å²) < 4.78 is 0. The van der Waals surface area contributed by atoms with Crippen LogP contribution in [0, 0.1) is 0 Å². The summed E-state index contributed by atoms with van der Waals surface area (Å²) in [5.41, 5.74) is 2.71. The minimum absolute atomic E-state index is 0.463. The highest BCUT2D eigenvalue weighted by Gasteiger charge is 2.09. The summed E-state index contributed by atoms with van der Waals surface area (Å²) in [6.07, 6.45) is 2.30. The van der Waals surface area contributed by atoms with Crippen LogP contribution in [0.3, 0.4) is 0 Å². The lowest BCUT2D eigenvalue weighted by molar-refractivity contribution is 0.413. The van der Waals surface area contributed by atoms with Gasteiger partial charge in [0.1, 0.15) is 0 Å². The van der Waals surface area contributed by atoms with Crippen molar-refractivity contribution in [3.8, 4) is 0 Å². The van der Waals surface area contributed by atoms with E-state index in [1.807, 2.05) is 7.05 Å². The molecule has 0 radical (unpaired) electrons. The molecule has 0 heterocycles. The fraction of sp³-hybridized carbons (Fsp3) is 0.647. The standard InChI is InChI=1S/C17H31N3/c1-6-12-20(14-13-19(4)5)16-10-8-15(9-11-16)17(7-2)18-3/h8-11,17-18H,6-7,12-14H2,1-5H3. The number of rotatable bonds is 9. The number of hydrogen-bond acceptors (Lipinski definition) is 3. The number of nitrogens with zero attached hydrogens (tertiary/aromatic N) is 2. The largest absolute Gasteiger partial charge is 0.370 e. The summed E-state index contributed by atoms with van der Waals surface area (Å²) >= 11 is 0. The lowest BCUT2D eigenvalue weighted by Gasteiger charge is -2.26. The molecule has 0 aliphatic heterocycles. The van der Waals surface area contributed by atoms with Crippen molar-refractivity contribution in [1.29, 1.82) is 0 Å². The van der Waals surface area contributed by atoms with Crippen LogP contribution in [0.5, 0.6) is 0 Å². The molecule has 0 fully saturated rings. The van der Waals surface area contributed by atoms with Crippen molar-refractivity contribution in [2.75, 3.05) is 45.7 Å². The molecular formula is C17H31N3. The Morgan fingerprint density at radius 1 is 1.00 bits per heavy atom. The van der Waals surface area contributed by atoms with Crippen LogP contribution < -0.4 is 10.2 Å². The number of nitrogens with one attached hydrogen (secondary N) is 1. The molecule has 1 aromatic rings. The van der Waals surface area contributed by atoms with Gasteiger partial charge in [-0.25, -0.2) is 0 Å². The van der Waals surface area contributed by atoms with Crippen molar-refractivity contribution in [3.05, 3.63) is 29.8 Å². The predicted molar refractivity (Wildman–Crippen MR) is 89.6 cm³/mol. The first-order valence-corrected chi connectivity index (χ1v) is 7.79. The molecule has 1 atom stereocenters. The van der Waals surface area contributed by atoms with Crippen molar-refractivity contribution in [1.82, 2.24) is 10.2 Å². The van der Waals surface area contributed by atoms with Crippen LogP contribution in [0.1, 0.15) is 38.3 Å². The molecule has 0 aliphatic rings. The SMILES string of the molecule is CCCN(CCN(C)C)c1ccc(C(CC)NC)cc1. The number of hydrogen-bond donors (Lipinski definition) is 1. The van der Waals surface area contributed by atoms with E-state index < -0.39 is 0 Å². The van der Waals surface area contributed by atoms with E-state index in [2.05, 4.69) is 67.3 Å². The van der Waals surface area contributed by atoms with E-state index in [-0.39, 0.29) is 0 Å². The molecule has 3 heteroatoms. The summed E-state index contributed by atoms with van der Waals surface area (Å²) in [7, 11) is 6.29. The van der Waals surface area contributed by atoms with Crippen LogP contribution in [-0.2, 0) is 0 Å². The first-order chi connectivity index (χ1) is 9.62. The van der Waals surface area contributed by atoms with E-state index in [0.29, 0.717) is 6.04 Å². The Hall–Kier alpha value is -1.06. The molecule has 0 amide bonds. The van der Waals surface area contributed by atoms with E-state index in [1.165, 1.54) is 17.7 Å². The van der Waals surface area contributed by atoms with Crippen molar-refractivity contribution in [2.45, 2.75) is 32.7 Å². The fourth-order valence-corrected chi connectivity index (χ4v) is 2.48. The summed E-state index contributed by atoms with van der Waals surface area (Å²) in [6, 6.07) is 9.52. The van der Waals surface area contributed by atoms with E-state index in [1.54, 1.807) is 0 Å². The summed E-state index contributed by atoms with van der Waals surface area (Å²) in [5.74, 6) is 0. The number of anilines is 1. The summed E-state index contributed by atoms with van der Waals surface area (Å²) in [5, 5.41) is 3.36. The maximum Gasteiger partial charge on any atom is 0.0366 e. The van der Waals surface area contributed by atoms with Crippen molar-refractivity contribution < 1.29 is 0 Å². The van der Waals surface area contributed by atoms with Crippen molar-refractivity contribution in [3.63, 3.8) is 0 Å². The second-order valence-corrected chi connectivity index (χ2v) is 5.63. The normalized spacial score (nSPS) is 12.7. The maximum absolute atomic E-state index is 3.36. The Bertz CT molecular complexity index is 355. The van der Waals surface area contributed by atoms with Gasteiger partial charge in [-0.2, -0.15) is 0 Å². The monoisotopic (exact) mass is 277 g/mol. The van der Waals surface area contributed by atoms with Gasteiger partial charge in [-0.05, 0) is 51.7 Å². The van der Waals surface area contributed by atoms with Crippen LogP contribution in [0.15, 0.2) is 24.3 Å². The maximum atomic E-state index is 3.36. The molecule has 0 saturated heterocycles. The molecule has 3 nitrogen and oxygen atoms in total. The molecule has 0 aliphatic carbocycles. The third-order valence-electron chi connectivity index (χ3n) is 3.73. The number of likely N-dealkylation sites (N-methyl/N-ethyl adjacent to an activating group) is 1. The van der Waals surface area contributed by atoms with Gasteiger partial charge < -0.3 is 15.1 Å². The summed E-state index contributed by atoms with van der Waals surface area (Å²) in [6.45, 7) is 7.76. The molecule has 0 aromatic heterocycles. The second kappa shape index (κ2) is 8.98. The Balaban J connectivity index is 2.76. The molecule has 0 bridgehead atoms. The highest BCUT2D eigenvalue weighted by Crippen LogP contribution is 2.21. The van der Waals surface area contributed by atoms with Crippen LogP contribution in [0.2, 0.25) is 0 Å². The Kier molecular flexibility index (Phi) is 7.63. The van der Waals surface area contributed by atoms with Crippen LogP contribution >= 0.6 is 0 Å².